The Morgan fingerprint density at radius 1 is 1.30 bits per heavy atom. The minimum absolute atomic E-state index is 0.0675. The number of benzene rings is 1. The van der Waals surface area contributed by atoms with Gasteiger partial charge >= 0.3 is 0 Å². The molecule has 124 valence electrons. The van der Waals surface area contributed by atoms with Crippen molar-refractivity contribution < 1.29 is 13.2 Å². The van der Waals surface area contributed by atoms with Crippen molar-refractivity contribution in [2.75, 3.05) is 13.1 Å². The van der Waals surface area contributed by atoms with Gasteiger partial charge in [-0.1, -0.05) is 6.07 Å². The fourth-order valence-corrected chi connectivity index (χ4v) is 4.17. The fourth-order valence-electron chi connectivity index (χ4n) is 2.61. The van der Waals surface area contributed by atoms with E-state index in [1.165, 1.54) is 4.31 Å². The van der Waals surface area contributed by atoms with Crippen LogP contribution in [-0.4, -0.2) is 37.8 Å². The van der Waals surface area contributed by atoms with Crippen molar-refractivity contribution in [1.82, 2.24) is 9.62 Å². The smallest absolute Gasteiger partial charge is 0.243 e. The van der Waals surface area contributed by atoms with Gasteiger partial charge in [-0.25, -0.2) is 8.42 Å². The van der Waals surface area contributed by atoms with Crippen LogP contribution < -0.4 is 5.32 Å². The Kier molecular flexibility index (Phi) is 5.39. The van der Waals surface area contributed by atoms with Crippen LogP contribution in [-0.2, 0) is 14.8 Å². The lowest BCUT2D eigenvalue weighted by molar-refractivity contribution is -0.121. The molecule has 0 bridgehead atoms. The van der Waals surface area contributed by atoms with Gasteiger partial charge in [0.25, 0.3) is 0 Å². The molecule has 1 aromatic rings. The van der Waals surface area contributed by atoms with Crippen molar-refractivity contribution in [2.24, 2.45) is 0 Å². The van der Waals surface area contributed by atoms with E-state index in [0.717, 1.165) is 11.1 Å². The number of nitrogens with one attached hydrogen (secondary N) is 1. The molecular weight excluding hydrogens is 314 g/mol. The predicted molar refractivity (Wildman–Crippen MR) is 86.1 cm³/mol. The first-order valence-corrected chi connectivity index (χ1v) is 9.02. The van der Waals surface area contributed by atoms with Crippen LogP contribution in [0.2, 0.25) is 0 Å². The van der Waals surface area contributed by atoms with Crippen molar-refractivity contribution in [1.29, 1.82) is 5.26 Å². The Hall–Kier alpha value is -1.91. The highest BCUT2D eigenvalue weighted by Crippen LogP contribution is 2.22. The molecule has 0 unspecified atom stereocenters. The summed E-state index contributed by atoms with van der Waals surface area (Å²) >= 11 is 0. The van der Waals surface area contributed by atoms with Crippen LogP contribution >= 0.6 is 0 Å². The Balaban J connectivity index is 2.02. The monoisotopic (exact) mass is 335 g/mol. The van der Waals surface area contributed by atoms with Crippen molar-refractivity contribution in [3.8, 4) is 6.07 Å². The van der Waals surface area contributed by atoms with Crippen molar-refractivity contribution in [2.45, 2.75) is 44.0 Å². The molecule has 1 aromatic carbocycles. The molecule has 0 aliphatic carbocycles. The zero-order valence-electron chi connectivity index (χ0n) is 13.4. The van der Waals surface area contributed by atoms with E-state index in [4.69, 9.17) is 5.26 Å². The molecule has 1 fully saturated rings. The summed E-state index contributed by atoms with van der Waals surface area (Å²) in [5, 5.41) is 11.2. The minimum atomic E-state index is -3.50. The molecule has 0 saturated carbocycles. The molecule has 6 nitrogen and oxygen atoms in total. The highest BCUT2D eigenvalue weighted by molar-refractivity contribution is 7.89. The number of sulfonamides is 1. The van der Waals surface area contributed by atoms with Crippen molar-refractivity contribution in [3.05, 3.63) is 29.3 Å². The molecule has 23 heavy (non-hydrogen) atoms. The molecule has 1 saturated heterocycles. The van der Waals surface area contributed by atoms with Gasteiger partial charge in [-0.05, 0) is 49.9 Å². The molecule has 1 N–H and O–H groups in total. The van der Waals surface area contributed by atoms with Crippen molar-refractivity contribution >= 4 is 15.9 Å². The minimum Gasteiger partial charge on any atom is -0.352 e. The van der Waals surface area contributed by atoms with Gasteiger partial charge in [0.1, 0.15) is 6.42 Å². The van der Waals surface area contributed by atoms with Crippen LogP contribution in [0.1, 0.15) is 30.4 Å². The average Bonchev–Trinajstić information content (AvgIpc) is 2.50. The Labute approximate surface area is 137 Å². The highest BCUT2D eigenvalue weighted by atomic mass is 32.2. The van der Waals surface area contributed by atoms with E-state index in [1.807, 2.05) is 19.9 Å². The third-order valence-electron chi connectivity index (χ3n) is 4.17. The van der Waals surface area contributed by atoms with Crippen LogP contribution in [0.15, 0.2) is 23.1 Å². The Bertz CT molecular complexity index is 729. The summed E-state index contributed by atoms with van der Waals surface area (Å²) in [6.45, 7) is 4.58. The maximum Gasteiger partial charge on any atom is 0.243 e. The molecule has 1 aliphatic rings. The lowest BCUT2D eigenvalue weighted by atomic mass is 10.1. The predicted octanol–water partition coefficient (Wildman–Crippen LogP) is 1.49. The summed E-state index contributed by atoms with van der Waals surface area (Å²) in [5.41, 5.74) is 2.01. The lowest BCUT2D eigenvalue weighted by Gasteiger charge is -2.31. The van der Waals surface area contributed by atoms with Gasteiger partial charge < -0.3 is 5.32 Å². The van der Waals surface area contributed by atoms with Crippen LogP contribution in [0.3, 0.4) is 0 Å². The van der Waals surface area contributed by atoms with E-state index in [1.54, 1.807) is 18.2 Å². The van der Waals surface area contributed by atoms with Crippen molar-refractivity contribution in [3.63, 3.8) is 0 Å². The summed E-state index contributed by atoms with van der Waals surface area (Å²) in [4.78, 5) is 11.7. The molecule has 7 heteroatoms. The first-order valence-electron chi connectivity index (χ1n) is 7.58. The van der Waals surface area contributed by atoms with E-state index in [9.17, 15) is 13.2 Å². The van der Waals surface area contributed by atoms with Gasteiger partial charge in [-0.3, -0.25) is 4.79 Å². The number of aryl methyl sites for hydroxylation is 2. The number of carbonyl (C=O) groups is 1. The second kappa shape index (κ2) is 7.11. The number of nitrogens with zero attached hydrogens (tertiary/aromatic N) is 2. The summed E-state index contributed by atoms with van der Waals surface area (Å²) in [6, 6.07) is 6.89. The van der Waals surface area contributed by atoms with E-state index in [2.05, 4.69) is 5.32 Å². The summed E-state index contributed by atoms with van der Waals surface area (Å²) in [6.07, 6.45) is 0.948. The van der Waals surface area contributed by atoms with Gasteiger partial charge in [0, 0.05) is 19.1 Å². The number of amides is 1. The SMILES string of the molecule is Cc1ccc(S(=O)(=O)N2CCC(NC(=O)CC#N)CC2)cc1C. The number of hydrogen-bond donors (Lipinski definition) is 1. The van der Waals surface area contributed by atoms with E-state index in [0.29, 0.717) is 30.8 Å². The molecule has 0 aromatic heterocycles. The van der Waals surface area contributed by atoms with Gasteiger partial charge in [-0.15, -0.1) is 0 Å². The quantitative estimate of drug-likeness (QED) is 0.902. The fraction of sp³-hybridized carbons (Fsp3) is 0.500. The summed E-state index contributed by atoms with van der Waals surface area (Å²) < 4.78 is 26.8. The Morgan fingerprint density at radius 3 is 2.52 bits per heavy atom. The van der Waals surface area contributed by atoms with E-state index < -0.39 is 10.0 Å². The maximum absolute atomic E-state index is 12.7. The standard InChI is InChI=1S/C16H21N3O3S/c1-12-3-4-15(11-13(12)2)23(21,22)19-9-6-14(7-10-19)18-16(20)5-8-17/h3-4,11,14H,5-7,9-10H2,1-2H3,(H,18,20). The first kappa shape index (κ1) is 17.4. The van der Waals surface area contributed by atoms with Crippen LogP contribution in [0.5, 0.6) is 0 Å². The van der Waals surface area contributed by atoms with Crippen LogP contribution in [0.4, 0.5) is 0 Å². The van der Waals surface area contributed by atoms with Crippen LogP contribution in [0.25, 0.3) is 0 Å². The molecule has 2 rings (SSSR count). The molecule has 1 heterocycles. The molecule has 1 amide bonds. The summed E-state index contributed by atoms with van der Waals surface area (Å²) in [5.74, 6) is -0.303. The molecule has 1 aliphatic heterocycles. The second-order valence-electron chi connectivity index (χ2n) is 5.83. The van der Waals surface area contributed by atoms with Gasteiger partial charge in [0.2, 0.25) is 15.9 Å². The third-order valence-corrected chi connectivity index (χ3v) is 6.07. The number of piperidine rings is 1. The van der Waals surface area contributed by atoms with Gasteiger partial charge in [0.05, 0.1) is 11.0 Å². The zero-order valence-corrected chi connectivity index (χ0v) is 14.2. The molecule has 0 atom stereocenters. The molecule has 0 radical (unpaired) electrons. The van der Waals surface area contributed by atoms with E-state index >= 15 is 0 Å². The largest absolute Gasteiger partial charge is 0.352 e. The number of carbonyl (C=O) groups excluding carboxylic acids is 1. The van der Waals surface area contributed by atoms with Crippen LogP contribution in [0, 0.1) is 25.2 Å². The second-order valence-corrected chi connectivity index (χ2v) is 7.76. The van der Waals surface area contributed by atoms with Gasteiger partial charge in [0.15, 0.2) is 0 Å². The number of rotatable bonds is 4. The first-order chi connectivity index (χ1) is 10.8. The molecular formula is C16H21N3O3S. The van der Waals surface area contributed by atoms with Gasteiger partial charge in [-0.2, -0.15) is 9.57 Å². The third kappa shape index (κ3) is 4.09. The molecule has 0 spiro atoms. The zero-order chi connectivity index (χ0) is 17.0. The number of nitriles is 1. The maximum atomic E-state index is 12.7. The topological polar surface area (TPSA) is 90.3 Å². The van der Waals surface area contributed by atoms with E-state index in [-0.39, 0.29) is 18.4 Å². The summed E-state index contributed by atoms with van der Waals surface area (Å²) in [7, 11) is -3.50. The lowest BCUT2D eigenvalue weighted by Crippen LogP contribution is -2.46. The number of hydrogen-bond acceptors (Lipinski definition) is 4. The average molecular weight is 335 g/mol. The highest BCUT2D eigenvalue weighted by Gasteiger charge is 2.30. The normalized spacial score (nSPS) is 16.7. The Morgan fingerprint density at radius 2 is 1.96 bits per heavy atom.